The van der Waals surface area contributed by atoms with Gasteiger partial charge in [-0.3, -0.25) is 4.79 Å². The fourth-order valence-corrected chi connectivity index (χ4v) is 1.01. The Hall–Kier alpha value is -1.55. The van der Waals surface area contributed by atoms with Crippen LogP contribution in [0, 0.1) is 0 Å². The van der Waals surface area contributed by atoms with Crippen LogP contribution in [0.4, 0.5) is 5.69 Å². The Kier molecular flexibility index (Phi) is 3.28. The van der Waals surface area contributed by atoms with Gasteiger partial charge < -0.3 is 15.5 Å². The van der Waals surface area contributed by atoms with Gasteiger partial charge in [0.15, 0.2) is 0 Å². The van der Waals surface area contributed by atoms with Crippen molar-refractivity contribution in [2.24, 2.45) is 0 Å². The van der Waals surface area contributed by atoms with E-state index in [0.717, 1.165) is 11.3 Å². The minimum Gasteiger partial charge on any atom is -0.481 e. The van der Waals surface area contributed by atoms with Crippen LogP contribution in [0.1, 0.15) is 5.56 Å². The van der Waals surface area contributed by atoms with Gasteiger partial charge in [0.1, 0.15) is 6.73 Å². The molecule has 13 heavy (non-hydrogen) atoms. The Morgan fingerprint density at radius 3 is 2.38 bits per heavy atom. The van der Waals surface area contributed by atoms with Crippen molar-refractivity contribution in [3.8, 4) is 0 Å². The molecule has 0 fully saturated rings. The second-order valence-corrected chi connectivity index (χ2v) is 2.60. The molecule has 1 rings (SSSR count). The van der Waals surface area contributed by atoms with Crippen molar-refractivity contribution in [2.75, 3.05) is 12.0 Å². The lowest BCUT2D eigenvalue weighted by molar-refractivity contribution is -0.136. The molecular formula is C9H11NO3. The Morgan fingerprint density at radius 2 is 1.92 bits per heavy atom. The molecule has 0 aliphatic rings. The number of carbonyl (C=O) groups is 1. The molecule has 1 aromatic rings. The third-order valence-corrected chi connectivity index (χ3v) is 1.59. The summed E-state index contributed by atoms with van der Waals surface area (Å²) in [6, 6.07) is 6.89. The van der Waals surface area contributed by atoms with Crippen molar-refractivity contribution >= 4 is 11.7 Å². The van der Waals surface area contributed by atoms with Gasteiger partial charge in [-0.05, 0) is 17.7 Å². The molecule has 0 aromatic heterocycles. The highest BCUT2D eigenvalue weighted by Crippen LogP contribution is 2.09. The van der Waals surface area contributed by atoms with E-state index in [0.29, 0.717) is 0 Å². The molecule has 1 aromatic carbocycles. The van der Waals surface area contributed by atoms with E-state index >= 15 is 0 Å². The van der Waals surface area contributed by atoms with Crippen LogP contribution in [0.5, 0.6) is 0 Å². The molecular weight excluding hydrogens is 170 g/mol. The number of aliphatic hydroxyl groups is 1. The topological polar surface area (TPSA) is 69.6 Å². The molecule has 0 saturated carbocycles. The maximum atomic E-state index is 10.3. The van der Waals surface area contributed by atoms with E-state index in [2.05, 4.69) is 5.32 Å². The van der Waals surface area contributed by atoms with Crippen LogP contribution >= 0.6 is 0 Å². The number of rotatable bonds is 4. The molecule has 0 bridgehead atoms. The number of hydrogen-bond acceptors (Lipinski definition) is 3. The average Bonchev–Trinajstić information content (AvgIpc) is 2.08. The standard InChI is InChI=1S/C9H11NO3/c11-6-10-8-3-1-7(2-4-8)5-9(12)13/h1-4,10-11H,5-6H2,(H,12,13). The Labute approximate surface area is 75.8 Å². The van der Waals surface area contributed by atoms with Crippen molar-refractivity contribution in [2.45, 2.75) is 6.42 Å². The number of nitrogens with one attached hydrogen (secondary N) is 1. The summed E-state index contributed by atoms with van der Waals surface area (Å²) in [5, 5.41) is 19.7. The fraction of sp³-hybridized carbons (Fsp3) is 0.222. The number of hydrogen-bond donors (Lipinski definition) is 3. The predicted octanol–water partition coefficient (Wildman–Crippen LogP) is 0.675. The molecule has 0 aliphatic carbocycles. The predicted molar refractivity (Wildman–Crippen MR) is 48.5 cm³/mol. The van der Waals surface area contributed by atoms with Gasteiger partial charge in [-0.2, -0.15) is 0 Å². The van der Waals surface area contributed by atoms with Gasteiger partial charge in [-0.25, -0.2) is 0 Å². The summed E-state index contributed by atoms with van der Waals surface area (Å²) in [5.41, 5.74) is 1.52. The van der Waals surface area contributed by atoms with Crippen LogP contribution in [0.15, 0.2) is 24.3 Å². The highest BCUT2D eigenvalue weighted by Gasteiger charge is 1.99. The Bertz CT molecular complexity index is 281. The maximum Gasteiger partial charge on any atom is 0.307 e. The molecule has 0 aliphatic heterocycles. The van der Waals surface area contributed by atoms with Crippen LogP contribution < -0.4 is 5.32 Å². The summed E-state index contributed by atoms with van der Waals surface area (Å²) in [7, 11) is 0. The molecule has 4 heteroatoms. The Balaban J connectivity index is 2.64. The first-order valence-electron chi connectivity index (χ1n) is 3.88. The minimum atomic E-state index is -0.845. The lowest BCUT2D eigenvalue weighted by atomic mass is 10.1. The summed E-state index contributed by atoms with van der Waals surface area (Å²) in [5.74, 6) is -0.845. The van der Waals surface area contributed by atoms with Crippen LogP contribution in [0.3, 0.4) is 0 Å². The second-order valence-electron chi connectivity index (χ2n) is 2.60. The molecule has 0 heterocycles. The zero-order valence-electron chi connectivity index (χ0n) is 7.03. The quantitative estimate of drug-likeness (QED) is 0.597. The van der Waals surface area contributed by atoms with Crippen LogP contribution in [-0.4, -0.2) is 22.9 Å². The molecule has 0 saturated heterocycles. The third-order valence-electron chi connectivity index (χ3n) is 1.59. The Morgan fingerprint density at radius 1 is 1.31 bits per heavy atom. The first kappa shape index (κ1) is 9.54. The van der Waals surface area contributed by atoms with Gasteiger partial charge in [-0.15, -0.1) is 0 Å². The van der Waals surface area contributed by atoms with E-state index in [4.69, 9.17) is 10.2 Å². The van der Waals surface area contributed by atoms with Gasteiger partial charge in [0.05, 0.1) is 6.42 Å². The zero-order valence-corrected chi connectivity index (χ0v) is 7.03. The van der Waals surface area contributed by atoms with Gasteiger partial charge >= 0.3 is 5.97 Å². The molecule has 0 amide bonds. The first-order valence-corrected chi connectivity index (χ1v) is 3.88. The lowest BCUT2D eigenvalue weighted by Gasteiger charge is -2.02. The van der Waals surface area contributed by atoms with Gasteiger partial charge in [0.2, 0.25) is 0 Å². The third kappa shape index (κ3) is 3.13. The molecule has 0 spiro atoms. The number of benzene rings is 1. The number of aliphatic carboxylic acids is 1. The highest BCUT2D eigenvalue weighted by atomic mass is 16.4. The SMILES string of the molecule is O=C(O)Cc1ccc(NCO)cc1. The molecule has 70 valence electrons. The van der Waals surface area contributed by atoms with Crippen LogP contribution in [0.2, 0.25) is 0 Å². The summed E-state index contributed by atoms with van der Waals surface area (Å²) in [6.45, 7) is -0.127. The van der Waals surface area contributed by atoms with Crippen molar-refractivity contribution < 1.29 is 15.0 Å². The minimum absolute atomic E-state index is 0.0272. The van der Waals surface area contributed by atoms with E-state index in [1.54, 1.807) is 24.3 Å². The average molecular weight is 181 g/mol. The zero-order chi connectivity index (χ0) is 9.68. The first-order chi connectivity index (χ1) is 6.22. The molecule has 0 unspecified atom stereocenters. The van der Waals surface area contributed by atoms with E-state index < -0.39 is 5.97 Å². The molecule has 0 atom stereocenters. The number of anilines is 1. The van der Waals surface area contributed by atoms with Gasteiger partial charge in [0, 0.05) is 5.69 Å². The number of carboxylic acid groups (broad SMARTS) is 1. The lowest BCUT2D eigenvalue weighted by Crippen LogP contribution is -2.01. The largest absolute Gasteiger partial charge is 0.481 e. The normalized spacial score (nSPS) is 9.62. The summed E-state index contributed by atoms with van der Waals surface area (Å²) in [4.78, 5) is 10.3. The van der Waals surface area contributed by atoms with Crippen molar-refractivity contribution in [1.82, 2.24) is 0 Å². The van der Waals surface area contributed by atoms with Crippen LogP contribution in [0.25, 0.3) is 0 Å². The highest BCUT2D eigenvalue weighted by molar-refractivity contribution is 5.70. The van der Waals surface area contributed by atoms with E-state index in [9.17, 15) is 4.79 Å². The number of carboxylic acids is 1. The van der Waals surface area contributed by atoms with Gasteiger partial charge in [0.25, 0.3) is 0 Å². The molecule has 0 radical (unpaired) electrons. The van der Waals surface area contributed by atoms with Crippen LogP contribution in [-0.2, 0) is 11.2 Å². The number of aliphatic hydroxyl groups excluding tert-OH is 1. The van der Waals surface area contributed by atoms with E-state index in [1.807, 2.05) is 0 Å². The van der Waals surface area contributed by atoms with Crippen molar-refractivity contribution in [1.29, 1.82) is 0 Å². The summed E-state index contributed by atoms with van der Waals surface area (Å²) in [6.07, 6.45) is 0.0272. The molecule has 4 nitrogen and oxygen atoms in total. The smallest absolute Gasteiger partial charge is 0.307 e. The van der Waals surface area contributed by atoms with Crippen molar-refractivity contribution in [3.05, 3.63) is 29.8 Å². The summed E-state index contributed by atoms with van der Waals surface area (Å²) >= 11 is 0. The van der Waals surface area contributed by atoms with E-state index in [1.165, 1.54) is 0 Å². The van der Waals surface area contributed by atoms with E-state index in [-0.39, 0.29) is 13.2 Å². The monoisotopic (exact) mass is 181 g/mol. The van der Waals surface area contributed by atoms with Gasteiger partial charge in [-0.1, -0.05) is 12.1 Å². The fourth-order valence-electron chi connectivity index (χ4n) is 1.01. The maximum absolute atomic E-state index is 10.3. The summed E-state index contributed by atoms with van der Waals surface area (Å²) < 4.78 is 0. The molecule has 3 N–H and O–H groups in total. The second kappa shape index (κ2) is 4.47. The van der Waals surface area contributed by atoms with Crippen molar-refractivity contribution in [3.63, 3.8) is 0 Å².